The molecule has 2 N–H and O–H groups in total. The zero-order chi connectivity index (χ0) is 17.4. The summed E-state index contributed by atoms with van der Waals surface area (Å²) in [5.74, 6) is 0.258. The molecule has 5 nitrogen and oxygen atoms in total. The molecule has 0 bridgehead atoms. The number of halogens is 1. The monoisotopic (exact) mass is 338 g/mol. The molecule has 4 rings (SSSR count). The Kier molecular flexibility index (Phi) is 3.97. The zero-order valence-corrected chi connectivity index (χ0v) is 14.0. The third kappa shape index (κ3) is 3.00. The highest BCUT2D eigenvalue weighted by molar-refractivity contribution is 5.95. The summed E-state index contributed by atoms with van der Waals surface area (Å²) in [5, 5.41) is 0.989. The summed E-state index contributed by atoms with van der Waals surface area (Å²) < 4.78 is 19.0. The molecule has 0 amide bonds. The van der Waals surface area contributed by atoms with Gasteiger partial charge in [0.05, 0.1) is 36.3 Å². The predicted molar refractivity (Wildman–Crippen MR) is 97.1 cm³/mol. The van der Waals surface area contributed by atoms with E-state index in [9.17, 15) is 4.39 Å². The van der Waals surface area contributed by atoms with E-state index in [1.54, 1.807) is 19.2 Å². The van der Waals surface area contributed by atoms with Gasteiger partial charge in [0.25, 0.3) is 0 Å². The molecule has 25 heavy (non-hydrogen) atoms. The Morgan fingerprint density at radius 3 is 2.72 bits per heavy atom. The van der Waals surface area contributed by atoms with Crippen LogP contribution in [0.25, 0.3) is 22.2 Å². The highest BCUT2D eigenvalue weighted by Crippen LogP contribution is 2.31. The average Bonchev–Trinajstić information content (AvgIpc) is 2.63. The lowest BCUT2D eigenvalue weighted by Crippen LogP contribution is -2.36. The van der Waals surface area contributed by atoms with Gasteiger partial charge in [0.15, 0.2) is 0 Å². The van der Waals surface area contributed by atoms with Crippen LogP contribution in [-0.2, 0) is 4.74 Å². The first-order valence-electron chi connectivity index (χ1n) is 8.27. The summed E-state index contributed by atoms with van der Waals surface area (Å²) in [6.07, 6.45) is 1.73. The van der Waals surface area contributed by atoms with Crippen molar-refractivity contribution in [2.45, 2.75) is 6.92 Å². The molecule has 3 aromatic rings. The molecule has 1 aliphatic rings. The summed E-state index contributed by atoms with van der Waals surface area (Å²) >= 11 is 0. The standard InChI is InChI=1S/C19H19FN4O/c1-12-8-13(2-3-15(12)20)16-9-14-17(11-22-16)23-19(21)10-18(14)24-4-6-25-7-5-24/h2-3,8-11H,4-7H2,1H3,(H2,21,23). The van der Waals surface area contributed by atoms with E-state index in [0.29, 0.717) is 24.6 Å². The molecular weight excluding hydrogens is 319 g/mol. The first kappa shape index (κ1) is 15.8. The Labute approximate surface area is 145 Å². The van der Waals surface area contributed by atoms with Crippen molar-refractivity contribution in [2.24, 2.45) is 0 Å². The van der Waals surface area contributed by atoms with E-state index in [0.717, 1.165) is 40.9 Å². The minimum absolute atomic E-state index is 0.215. The molecule has 0 saturated carbocycles. The largest absolute Gasteiger partial charge is 0.384 e. The number of rotatable bonds is 2. The highest BCUT2D eigenvalue weighted by atomic mass is 19.1. The number of hydrogen-bond donors (Lipinski definition) is 1. The van der Waals surface area contributed by atoms with Gasteiger partial charge in [-0.3, -0.25) is 4.98 Å². The van der Waals surface area contributed by atoms with Gasteiger partial charge in [0, 0.05) is 30.1 Å². The first-order chi connectivity index (χ1) is 12.1. The van der Waals surface area contributed by atoms with Crippen molar-refractivity contribution in [3.63, 3.8) is 0 Å². The molecule has 1 saturated heterocycles. The molecule has 2 aromatic heterocycles. The van der Waals surface area contributed by atoms with E-state index >= 15 is 0 Å². The molecule has 128 valence electrons. The van der Waals surface area contributed by atoms with Crippen LogP contribution in [0.3, 0.4) is 0 Å². The second kappa shape index (κ2) is 6.29. The van der Waals surface area contributed by atoms with Gasteiger partial charge in [-0.1, -0.05) is 0 Å². The van der Waals surface area contributed by atoms with E-state index in [1.807, 2.05) is 18.2 Å². The smallest absolute Gasteiger partial charge is 0.126 e. The second-order valence-corrected chi connectivity index (χ2v) is 6.22. The van der Waals surface area contributed by atoms with E-state index in [4.69, 9.17) is 10.5 Å². The number of ether oxygens (including phenoxy) is 1. The van der Waals surface area contributed by atoms with Gasteiger partial charge in [0.2, 0.25) is 0 Å². The molecule has 0 unspecified atom stereocenters. The number of pyridine rings is 2. The first-order valence-corrected chi connectivity index (χ1v) is 8.27. The maximum atomic E-state index is 13.6. The quantitative estimate of drug-likeness (QED) is 0.777. The van der Waals surface area contributed by atoms with Crippen molar-refractivity contribution < 1.29 is 9.13 Å². The summed E-state index contributed by atoms with van der Waals surface area (Å²) in [7, 11) is 0. The third-order valence-corrected chi connectivity index (χ3v) is 4.50. The van der Waals surface area contributed by atoms with Crippen LogP contribution in [0.1, 0.15) is 5.56 Å². The van der Waals surface area contributed by atoms with Gasteiger partial charge in [-0.2, -0.15) is 0 Å². The molecular formula is C19H19FN4O. The van der Waals surface area contributed by atoms with Crippen LogP contribution in [0.5, 0.6) is 0 Å². The van der Waals surface area contributed by atoms with Gasteiger partial charge in [-0.25, -0.2) is 9.37 Å². The number of nitrogen functional groups attached to an aromatic ring is 1. The maximum Gasteiger partial charge on any atom is 0.126 e. The lowest BCUT2D eigenvalue weighted by molar-refractivity contribution is 0.123. The molecule has 6 heteroatoms. The number of benzene rings is 1. The molecule has 3 heterocycles. The van der Waals surface area contributed by atoms with Gasteiger partial charge >= 0.3 is 0 Å². The van der Waals surface area contributed by atoms with Crippen molar-refractivity contribution in [2.75, 3.05) is 36.9 Å². The minimum atomic E-state index is -0.215. The number of hydrogen-bond acceptors (Lipinski definition) is 5. The molecule has 0 atom stereocenters. The zero-order valence-electron chi connectivity index (χ0n) is 14.0. The van der Waals surface area contributed by atoms with Crippen LogP contribution in [0.4, 0.5) is 15.9 Å². The number of aromatic nitrogens is 2. The Balaban J connectivity index is 1.85. The Morgan fingerprint density at radius 2 is 1.96 bits per heavy atom. The average molecular weight is 338 g/mol. The van der Waals surface area contributed by atoms with Gasteiger partial charge in [-0.05, 0) is 36.8 Å². The molecule has 0 aliphatic carbocycles. The lowest BCUT2D eigenvalue weighted by atomic mass is 10.1. The van der Waals surface area contributed by atoms with Crippen LogP contribution < -0.4 is 10.6 Å². The molecule has 1 fully saturated rings. The number of anilines is 2. The topological polar surface area (TPSA) is 64.3 Å². The van der Waals surface area contributed by atoms with Crippen molar-refractivity contribution in [1.82, 2.24) is 9.97 Å². The summed E-state index contributed by atoms with van der Waals surface area (Å²) in [6, 6.07) is 8.92. The second-order valence-electron chi connectivity index (χ2n) is 6.22. The van der Waals surface area contributed by atoms with Crippen LogP contribution >= 0.6 is 0 Å². The summed E-state index contributed by atoms with van der Waals surface area (Å²) in [4.78, 5) is 11.1. The number of nitrogens with zero attached hydrogens (tertiary/aromatic N) is 3. The Hall–Kier alpha value is -2.73. The number of fused-ring (bicyclic) bond motifs is 1. The van der Waals surface area contributed by atoms with Crippen molar-refractivity contribution in [1.29, 1.82) is 0 Å². The van der Waals surface area contributed by atoms with Crippen LogP contribution in [0.2, 0.25) is 0 Å². The maximum absolute atomic E-state index is 13.6. The van der Waals surface area contributed by atoms with E-state index < -0.39 is 0 Å². The Bertz CT molecular complexity index is 938. The fourth-order valence-corrected chi connectivity index (χ4v) is 3.16. The van der Waals surface area contributed by atoms with E-state index in [-0.39, 0.29) is 5.82 Å². The number of aryl methyl sites for hydroxylation is 1. The predicted octanol–water partition coefficient (Wildman–Crippen LogP) is 3.16. The van der Waals surface area contributed by atoms with E-state index in [2.05, 4.69) is 14.9 Å². The number of nitrogens with two attached hydrogens (primary N) is 1. The normalized spacial score (nSPS) is 14.9. The van der Waals surface area contributed by atoms with E-state index in [1.165, 1.54) is 6.07 Å². The van der Waals surface area contributed by atoms with Crippen molar-refractivity contribution >= 4 is 22.4 Å². The minimum Gasteiger partial charge on any atom is -0.384 e. The lowest BCUT2D eigenvalue weighted by Gasteiger charge is -2.30. The summed E-state index contributed by atoms with van der Waals surface area (Å²) in [6.45, 7) is 4.76. The van der Waals surface area contributed by atoms with Crippen LogP contribution in [0.15, 0.2) is 36.5 Å². The fraction of sp³-hybridized carbons (Fsp3) is 0.263. The third-order valence-electron chi connectivity index (χ3n) is 4.50. The summed E-state index contributed by atoms with van der Waals surface area (Å²) in [5.41, 5.74) is 10.0. The van der Waals surface area contributed by atoms with Gasteiger partial charge in [-0.15, -0.1) is 0 Å². The molecule has 0 spiro atoms. The fourth-order valence-electron chi connectivity index (χ4n) is 3.16. The highest BCUT2D eigenvalue weighted by Gasteiger charge is 2.16. The molecule has 1 aliphatic heterocycles. The van der Waals surface area contributed by atoms with Crippen LogP contribution in [0, 0.1) is 12.7 Å². The van der Waals surface area contributed by atoms with Crippen molar-refractivity contribution in [3.8, 4) is 11.3 Å². The molecule has 1 aromatic carbocycles. The van der Waals surface area contributed by atoms with Gasteiger partial charge in [0.1, 0.15) is 11.6 Å². The van der Waals surface area contributed by atoms with Gasteiger partial charge < -0.3 is 15.4 Å². The number of morpholine rings is 1. The molecule has 0 radical (unpaired) electrons. The van der Waals surface area contributed by atoms with Crippen LogP contribution in [-0.4, -0.2) is 36.3 Å². The van der Waals surface area contributed by atoms with Crippen molar-refractivity contribution in [3.05, 3.63) is 47.9 Å². The SMILES string of the molecule is Cc1cc(-c2cc3c(N4CCOCC4)cc(N)nc3cn2)ccc1F. The Morgan fingerprint density at radius 1 is 1.16 bits per heavy atom.